The molecule has 0 atom stereocenters. The number of carbonyl (C=O) groups excluding carboxylic acids is 1. The van der Waals surface area contributed by atoms with E-state index in [1.54, 1.807) is 0 Å². The van der Waals surface area contributed by atoms with Crippen LogP contribution >= 0.6 is 35.7 Å². The van der Waals surface area contributed by atoms with Crippen molar-refractivity contribution in [1.82, 2.24) is 20.0 Å². The molecule has 0 aromatic carbocycles. The van der Waals surface area contributed by atoms with Crippen LogP contribution in [0.1, 0.15) is 12.8 Å². The molecule has 0 aliphatic carbocycles. The van der Waals surface area contributed by atoms with Crippen LogP contribution in [-0.4, -0.2) is 111 Å². The second-order valence-electron chi connectivity index (χ2n) is 6.43. The number of thioether (sulfide) groups is 1. The van der Waals surface area contributed by atoms with Crippen molar-refractivity contribution in [3.8, 4) is 0 Å². The number of amides is 1. The molecule has 1 amide bonds. The molecule has 26 heavy (non-hydrogen) atoms. The number of carbonyl (C=O) groups is 1. The van der Waals surface area contributed by atoms with Gasteiger partial charge in [-0.2, -0.15) is 11.8 Å². The Hall–Kier alpha value is -0.260. The maximum Gasteiger partial charge on any atom is 0.236 e. The number of halogens is 1. The molecule has 2 heterocycles. The molecule has 0 aromatic heterocycles. The lowest BCUT2D eigenvalue weighted by atomic mass is 10.3. The first-order valence-corrected chi connectivity index (χ1v) is 10.7. The van der Waals surface area contributed by atoms with Crippen molar-refractivity contribution in [2.45, 2.75) is 12.8 Å². The summed E-state index contributed by atoms with van der Waals surface area (Å²) in [6.45, 7) is 7.93. The molecule has 2 fully saturated rings. The number of ether oxygens (including phenoxy) is 1. The van der Waals surface area contributed by atoms with Crippen LogP contribution in [0.4, 0.5) is 0 Å². The Labute approximate surface area is 179 Å². The number of hydrogen-bond acceptors (Lipinski definition) is 5. The molecule has 2 aliphatic rings. The summed E-state index contributed by atoms with van der Waals surface area (Å²) in [5.74, 6) is 2.44. The van der Waals surface area contributed by atoms with E-state index in [-0.39, 0.29) is 29.9 Å². The minimum atomic E-state index is 0. The fraction of sp³-hybridized carbons (Fsp3) is 0.882. The van der Waals surface area contributed by atoms with Gasteiger partial charge < -0.3 is 19.9 Å². The SMILES string of the molecule is CN=C(NCCCCSC)N1CCN(CC(=O)N2CCOCC2)CC1.I. The van der Waals surface area contributed by atoms with Crippen LogP contribution in [0.15, 0.2) is 4.99 Å². The highest BCUT2D eigenvalue weighted by atomic mass is 127. The van der Waals surface area contributed by atoms with E-state index >= 15 is 0 Å². The van der Waals surface area contributed by atoms with E-state index in [9.17, 15) is 4.79 Å². The van der Waals surface area contributed by atoms with Gasteiger partial charge in [-0.15, -0.1) is 24.0 Å². The van der Waals surface area contributed by atoms with E-state index in [1.165, 1.54) is 18.6 Å². The first kappa shape index (κ1) is 23.8. The first-order valence-electron chi connectivity index (χ1n) is 9.27. The first-order chi connectivity index (χ1) is 12.2. The van der Waals surface area contributed by atoms with E-state index in [0.29, 0.717) is 19.8 Å². The third-order valence-corrected chi connectivity index (χ3v) is 5.36. The summed E-state index contributed by atoms with van der Waals surface area (Å²) in [6.07, 6.45) is 4.56. The summed E-state index contributed by atoms with van der Waals surface area (Å²) in [7, 11) is 1.85. The van der Waals surface area contributed by atoms with Crippen molar-refractivity contribution in [2.24, 2.45) is 4.99 Å². The smallest absolute Gasteiger partial charge is 0.236 e. The fourth-order valence-corrected chi connectivity index (χ4v) is 3.62. The van der Waals surface area contributed by atoms with Crippen molar-refractivity contribution in [1.29, 1.82) is 0 Å². The molecule has 0 spiro atoms. The zero-order chi connectivity index (χ0) is 17.9. The van der Waals surface area contributed by atoms with Gasteiger partial charge in [-0.1, -0.05) is 0 Å². The molecule has 9 heteroatoms. The summed E-state index contributed by atoms with van der Waals surface area (Å²) in [6, 6.07) is 0. The van der Waals surface area contributed by atoms with Gasteiger partial charge in [-0.05, 0) is 24.9 Å². The third-order valence-electron chi connectivity index (χ3n) is 4.66. The van der Waals surface area contributed by atoms with E-state index < -0.39 is 0 Å². The molecule has 0 radical (unpaired) electrons. The minimum absolute atomic E-state index is 0. The third kappa shape index (κ3) is 8.18. The molecule has 2 aliphatic heterocycles. The molecule has 0 saturated carbocycles. The molecular formula is C17H34IN5O2S. The van der Waals surface area contributed by atoms with Gasteiger partial charge in [0.25, 0.3) is 0 Å². The molecule has 7 nitrogen and oxygen atoms in total. The maximum absolute atomic E-state index is 12.3. The van der Waals surface area contributed by atoms with Gasteiger partial charge in [-0.25, -0.2) is 0 Å². The lowest BCUT2D eigenvalue weighted by Gasteiger charge is -2.37. The monoisotopic (exact) mass is 499 g/mol. The highest BCUT2D eigenvalue weighted by Crippen LogP contribution is 2.05. The lowest BCUT2D eigenvalue weighted by molar-refractivity contribution is -0.136. The number of aliphatic imine (C=N–C) groups is 1. The summed E-state index contributed by atoms with van der Waals surface area (Å²) >= 11 is 1.90. The Morgan fingerprint density at radius 3 is 2.38 bits per heavy atom. The Morgan fingerprint density at radius 2 is 1.77 bits per heavy atom. The molecule has 2 rings (SSSR count). The van der Waals surface area contributed by atoms with E-state index in [1.807, 2.05) is 23.7 Å². The topological polar surface area (TPSA) is 60.4 Å². The van der Waals surface area contributed by atoms with E-state index in [4.69, 9.17) is 4.74 Å². The number of nitrogens with zero attached hydrogens (tertiary/aromatic N) is 4. The molecule has 1 N–H and O–H groups in total. The van der Waals surface area contributed by atoms with Crippen molar-refractivity contribution in [2.75, 3.05) is 84.6 Å². The van der Waals surface area contributed by atoms with Crippen LogP contribution in [0.3, 0.4) is 0 Å². The number of morpholine rings is 1. The summed E-state index contributed by atoms with van der Waals surface area (Å²) in [5, 5.41) is 3.46. The lowest BCUT2D eigenvalue weighted by Crippen LogP contribution is -2.55. The summed E-state index contributed by atoms with van der Waals surface area (Å²) in [5.41, 5.74) is 0. The van der Waals surface area contributed by atoms with Gasteiger partial charge >= 0.3 is 0 Å². The van der Waals surface area contributed by atoms with Gasteiger partial charge in [-0.3, -0.25) is 14.7 Å². The zero-order valence-corrected chi connectivity index (χ0v) is 19.3. The number of unbranched alkanes of at least 4 members (excludes halogenated alkanes) is 1. The standard InChI is InChI=1S/C17H33N5O2S.HI/c1-18-17(19-5-3-4-14-25-2)22-8-6-20(7-9-22)15-16(23)21-10-12-24-13-11-21;/h3-15H2,1-2H3,(H,18,19);1H. The Morgan fingerprint density at radius 1 is 1.08 bits per heavy atom. The largest absolute Gasteiger partial charge is 0.378 e. The number of nitrogens with one attached hydrogen (secondary N) is 1. The quantitative estimate of drug-likeness (QED) is 0.242. The van der Waals surface area contributed by atoms with Crippen molar-refractivity contribution in [3.63, 3.8) is 0 Å². The predicted octanol–water partition coefficient (Wildman–Crippen LogP) is 0.799. The normalized spacial score (nSPS) is 19.2. The van der Waals surface area contributed by atoms with Crippen LogP contribution in [-0.2, 0) is 9.53 Å². The summed E-state index contributed by atoms with van der Waals surface area (Å²) in [4.78, 5) is 23.2. The maximum atomic E-state index is 12.3. The summed E-state index contributed by atoms with van der Waals surface area (Å²) < 4.78 is 5.31. The van der Waals surface area contributed by atoms with Gasteiger partial charge in [0.15, 0.2) is 5.96 Å². The van der Waals surface area contributed by atoms with E-state index in [2.05, 4.69) is 26.4 Å². The molecule has 0 bridgehead atoms. The Bertz CT molecular complexity index is 427. The minimum Gasteiger partial charge on any atom is -0.378 e. The van der Waals surface area contributed by atoms with Crippen LogP contribution in [0, 0.1) is 0 Å². The van der Waals surface area contributed by atoms with Crippen LogP contribution in [0.25, 0.3) is 0 Å². The van der Waals surface area contributed by atoms with Gasteiger partial charge in [0, 0.05) is 52.9 Å². The number of guanidine groups is 1. The number of hydrogen-bond donors (Lipinski definition) is 1. The number of rotatable bonds is 7. The molecule has 2 saturated heterocycles. The van der Waals surface area contributed by atoms with Crippen LogP contribution in [0.2, 0.25) is 0 Å². The molecule has 0 aromatic rings. The average Bonchev–Trinajstić information content (AvgIpc) is 2.66. The predicted molar refractivity (Wildman–Crippen MR) is 120 cm³/mol. The van der Waals surface area contributed by atoms with Crippen molar-refractivity contribution >= 4 is 47.6 Å². The highest BCUT2D eigenvalue weighted by Gasteiger charge is 2.24. The average molecular weight is 499 g/mol. The number of piperazine rings is 1. The molecular weight excluding hydrogens is 465 g/mol. The second-order valence-corrected chi connectivity index (χ2v) is 7.42. The second kappa shape index (κ2) is 13.8. The van der Waals surface area contributed by atoms with Crippen molar-refractivity contribution < 1.29 is 9.53 Å². The van der Waals surface area contributed by atoms with Crippen LogP contribution < -0.4 is 5.32 Å². The van der Waals surface area contributed by atoms with Gasteiger partial charge in [0.2, 0.25) is 5.91 Å². The molecule has 0 unspecified atom stereocenters. The van der Waals surface area contributed by atoms with Crippen LogP contribution in [0.5, 0.6) is 0 Å². The van der Waals surface area contributed by atoms with E-state index in [0.717, 1.165) is 51.8 Å². The van der Waals surface area contributed by atoms with Gasteiger partial charge in [0.05, 0.1) is 19.8 Å². The molecule has 152 valence electrons. The Balaban J connectivity index is 0.00000338. The Kier molecular flexibility index (Phi) is 12.7. The van der Waals surface area contributed by atoms with Gasteiger partial charge in [0.1, 0.15) is 0 Å². The zero-order valence-electron chi connectivity index (χ0n) is 16.1. The fourth-order valence-electron chi connectivity index (χ4n) is 3.13. The highest BCUT2D eigenvalue weighted by molar-refractivity contribution is 14.0. The van der Waals surface area contributed by atoms with Crippen molar-refractivity contribution in [3.05, 3.63) is 0 Å².